The maximum absolute atomic E-state index is 12.9. The van der Waals surface area contributed by atoms with Crippen molar-refractivity contribution < 1.29 is 27.6 Å². The number of carbonyl (C=O) groups excluding carboxylic acids is 1. The van der Waals surface area contributed by atoms with Crippen LogP contribution in [0.4, 0.5) is 18.9 Å². The third-order valence-electron chi connectivity index (χ3n) is 3.48. The summed E-state index contributed by atoms with van der Waals surface area (Å²) < 4.78 is 43.7. The number of non-ortho nitro benzene ring substituents is 1. The first-order chi connectivity index (χ1) is 11.3. The Balaban J connectivity index is 2.07. The Labute approximate surface area is 136 Å². The van der Waals surface area contributed by atoms with E-state index < -0.39 is 28.3 Å². The zero-order valence-electron chi connectivity index (χ0n) is 12.0. The Bertz CT molecular complexity index is 815. The fourth-order valence-electron chi connectivity index (χ4n) is 2.31. The number of thiazole rings is 1. The molecule has 0 aliphatic carbocycles. The van der Waals surface area contributed by atoms with Gasteiger partial charge in [-0.25, -0.2) is 4.98 Å². The Kier molecular flexibility index (Phi) is 4.13. The Hall–Kier alpha value is -2.27. The molecular weight excluding hydrogens is 351 g/mol. The molecule has 0 radical (unpaired) electrons. The van der Waals surface area contributed by atoms with E-state index in [0.29, 0.717) is 32.4 Å². The largest absolute Gasteiger partial charge is 0.416 e. The van der Waals surface area contributed by atoms with Crippen LogP contribution in [0.5, 0.6) is 0 Å². The van der Waals surface area contributed by atoms with Gasteiger partial charge in [0.25, 0.3) is 11.6 Å². The fourth-order valence-corrected chi connectivity index (χ4v) is 3.31. The van der Waals surface area contributed by atoms with Crippen LogP contribution in [0.15, 0.2) is 12.1 Å². The van der Waals surface area contributed by atoms with E-state index in [1.54, 1.807) is 0 Å². The van der Waals surface area contributed by atoms with E-state index in [-0.39, 0.29) is 15.2 Å². The molecule has 1 aromatic carbocycles. The Morgan fingerprint density at radius 2 is 2.00 bits per heavy atom. The van der Waals surface area contributed by atoms with Crippen LogP contribution in [-0.4, -0.2) is 47.0 Å². The number of hydrogen-bond acceptors (Lipinski definition) is 6. The van der Waals surface area contributed by atoms with Crippen LogP contribution < -0.4 is 0 Å². The van der Waals surface area contributed by atoms with Gasteiger partial charge in [-0.05, 0) is 6.07 Å². The number of morpholine rings is 1. The minimum atomic E-state index is -4.74. The summed E-state index contributed by atoms with van der Waals surface area (Å²) in [5.41, 5.74) is -2.09. The summed E-state index contributed by atoms with van der Waals surface area (Å²) >= 11 is 0.721. The molecule has 0 unspecified atom stereocenters. The monoisotopic (exact) mass is 361 g/mol. The molecule has 7 nitrogen and oxygen atoms in total. The molecule has 1 amide bonds. The number of nitrogens with zero attached hydrogens (tertiary/aromatic N) is 3. The lowest BCUT2D eigenvalue weighted by atomic mass is 10.2. The third kappa shape index (κ3) is 3.04. The lowest BCUT2D eigenvalue weighted by molar-refractivity contribution is -0.383. The summed E-state index contributed by atoms with van der Waals surface area (Å²) in [6, 6.07) is 1.18. The van der Waals surface area contributed by atoms with Gasteiger partial charge in [-0.2, -0.15) is 13.2 Å². The molecule has 0 spiro atoms. The zero-order valence-corrected chi connectivity index (χ0v) is 12.8. The number of halogens is 3. The second kappa shape index (κ2) is 5.98. The fraction of sp³-hybridized carbons (Fsp3) is 0.385. The van der Waals surface area contributed by atoms with Gasteiger partial charge in [0.1, 0.15) is 4.70 Å². The molecule has 1 saturated heterocycles. The molecule has 11 heteroatoms. The number of nitro groups is 1. The number of amides is 1. The van der Waals surface area contributed by atoms with Gasteiger partial charge in [0, 0.05) is 19.2 Å². The smallest absolute Gasteiger partial charge is 0.378 e. The van der Waals surface area contributed by atoms with E-state index in [1.807, 2.05) is 0 Å². The van der Waals surface area contributed by atoms with Gasteiger partial charge in [0.05, 0.1) is 29.2 Å². The molecule has 1 aliphatic rings. The quantitative estimate of drug-likeness (QED) is 0.606. The summed E-state index contributed by atoms with van der Waals surface area (Å²) in [6.45, 7) is 1.39. The van der Waals surface area contributed by atoms with E-state index >= 15 is 0 Å². The number of aromatic nitrogens is 1. The molecule has 0 atom stereocenters. The molecule has 1 aromatic heterocycles. The van der Waals surface area contributed by atoms with E-state index in [0.717, 1.165) is 17.4 Å². The lowest BCUT2D eigenvalue weighted by Crippen LogP contribution is -2.40. The summed E-state index contributed by atoms with van der Waals surface area (Å²) in [4.78, 5) is 27.9. The first-order valence-electron chi connectivity index (χ1n) is 6.80. The van der Waals surface area contributed by atoms with E-state index in [2.05, 4.69) is 4.98 Å². The summed E-state index contributed by atoms with van der Waals surface area (Å²) in [5.74, 6) is -0.470. The van der Waals surface area contributed by atoms with Crippen molar-refractivity contribution in [3.05, 3.63) is 32.8 Å². The molecule has 128 valence electrons. The number of ether oxygens (including phenoxy) is 1. The number of carbonyl (C=O) groups is 1. The predicted octanol–water partition coefficient (Wildman–Crippen LogP) is 2.70. The highest BCUT2D eigenvalue weighted by Gasteiger charge is 2.34. The Morgan fingerprint density at radius 1 is 1.33 bits per heavy atom. The normalized spacial score (nSPS) is 15.7. The molecule has 0 bridgehead atoms. The van der Waals surface area contributed by atoms with Crippen molar-refractivity contribution in [3.8, 4) is 0 Å². The summed E-state index contributed by atoms with van der Waals surface area (Å²) in [6.07, 6.45) is -4.74. The van der Waals surface area contributed by atoms with Gasteiger partial charge in [0.2, 0.25) is 0 Å². The topological polar surface area (TPSA) is 85.6 Å². The average molecular weight is 361 g/mol. The molecular formula is C13H10F3N3O4S. The van der Waals surface area contributed by atoms with Crippen molar-refractivity contribution in [2.75, 3.05) is 26.3 Å². The highest BCUT2D eigenvalue weighted by atomic mass is 32.1. The van der Waals surface area contributed by atoms with E-state index in [4.69, 9.17) is 4.74 Å². The van der Waals surface area contributed by atoms with Crippen LogP contribution in [0, 0.1) is 10.1 Å². The molecule has 1 fully saturated rings. The minimum Gasteiger partial charge on any atom is -0.378 e. The summed E-state index contributed by atoms with van der Waals surface area (Å²) in [7, 11) is 0. The predicted molar refractivity (Wildman–Crippen MR) is 78.0 cm³/mol. The van der Waals surface area contributed by atoms with E-state index in [9.17, 15) is 28.1 Å². The number of alkyl halides is 3. The SMILES string of the molecule is O=C(c1nc2cc(C(F)(F)F)cc([N+](=O)[O-])c2s1)N1CCOCC1. The highest BCUT2D eigenvalue weighted by Crippen LogP contribution is 2.38. The van der Waals surface area contributed by atoms with Gasteiger partial charge in [-0.3, -0.25) is 14.9 Å². The molecule has 3 rings (SSSR count). The molecule has 0 saturated carbocycles. The number of rotatable bonds is 2. The molecule has 2 aromatic rings. The first kappa shape index (κ1) is 16.6. The second-order valence-corrected chi connectivity index (χ2v) is 6.02. The van der Waals surface area contributed by atoms with Gasteiger partial charge in [0.15, 0.2) is 5.01 Å². The molecule has 1 aliphatic heterocycles. The van der Waals surface area contributed by atoms with Gasteiger partial charge in [-0.15, -0.1) is 11.3 Å². The van der Waals surface area contributed by atoms with Crippen LogP contribution >= 0.6 is 11.3 Å². The first-order valence-corrected chi connectivity index (χ1v) is 7.62. The average Bonchev–Trinajstić information content (AvgIpc) is 2.97. The third-order valence-corrected chi connectivity index (χ3v) is 4.56. The van der Waals surface area contributed by atoms with Crippen molar-refractivity contribution in [2.45, 2.75) is 6.18 Å². The van der Waals surface area contributed by atoms with Crippen LogP contribution in [-0.2, 0) is 10.9 Å². The van der Waals surface area contributed by atoms with Crippen molar-refractivity contribution in [1.82, 2.24) is 9.88 Å². The molecule has 2 heterocycles. The van der Waals surface area contributed by atoms with Gasteiger partial charge >= 0.3 is 6.18 Å². The van der Waals surface area contributed by atoms with Crippen LogP contribution in [0.25, 0.3) is 10.2 Å². The molecule has 0 N–H and O–H groups in total. The number of nitro benzene ring substituents is 1. The van der Waals surface area contributed by atoms with Crippen molar-refractivity contribution >= 4 is 33.1 Å². The van der Waals surface area contributed by atoms with E-state index in [1.165, 1.54) is 4.90 Å². The molecule has 24 heavy (non-hydrogen) atoms. The zero-order chi connectivity index (χ0) is 17.5. The number of fused-ring (bicyclic) bond motifs is 1. The number of benzene rings is 1. The summed E-state index contributed by atoms with van der Waals surface area (Å²) in [5, 5.41) is 11.0. The Morgan fingerprint density at radius 3 is 2.58 bits per heavy atom. The van der Waals surface area contributed by atoms with Crippen LogP contribution in [0.2, 0.25) is 0 Å². The van der Waals surface area contributed by atoms with Crippen LogP contribution in [0.3, 0.4) is 0 Å². The highest BCUT2D eigenvalue weighted by molar-refractivity contribution is 7.20. The van der Waals surface area contributed by atoms with Crippen molar-refractivity contribution in [3.63, 3.8) is 0 Å². The van der Waals surface area contributed by atoms with Gasteiger partial charge < -0.3 is 9.64 Å². The number of hydrogen-bond donors (Lipinski definition) is 0. The van der Waals surface area contributed by atoms with Crippen molar-refractivity contribution in [1.29, 1.82) is 0 Å². The van der Waals surface area contributed by atoms with Crippen LogP contribution in [0.1, 0.15) is 15.4 Å². The second-order valence-electron chi connectivity index (χ2n) is 5.02. The van der Waals surface area contributed by atoms with Crippen molar-refractivity contribution in [2.24, 2.45) is 0 Å². The standard InChI is InChI=1S/C13H10F3N3O4S/c14-13(15,16)7-5-8-10(9(6-7)19(21)22)24-11(17-8)12(20)18-1-3-23-4-2-18/h5-6H,1-4H2. The maximum Gasteiger partial charge on any atom is 0.416 e. The maximum atomic E-state index is 12.9. The lowest BCUT2D eigenvalue weighted by Gasteiger charge is -2.25. The minimum absolute atomic E-state index is 0.0513. The van der Waals surface area contributed by atoms with Gasteiger partial charge in [-0.1, -0.05) is 0 Å².